The quantitative estimate of drug-likeness (QED) is 0.905. The van der Waals surface area contributed by atoms with E-state index < -0.39 is 0 Å². The second-order valence-corrected chi connectivity index (χ2v) is 7.98. The molecule has 1 aromatic rings. The molecule has 0 unspecified atom stereocenters. The number of hydrogen-bond donors (Lipinski definition) is 1. The summed E-state index contributed by atoms with van der Waals surface area (Å²) < 4.78 is 6.08. The molecule has 1 saturated carbocycles. The molecule has 120 valence electrons. The molecule has 4 rings (SSSR count). The Balaban J connectivity index is 1.27. The summed E-state index contributed by atoms with van der Waals surface area (Å²) in [7, 11) is 0. The first kappa shape index (κ1) is 14.7. The van der Waals surface area contributed by atoms with Crippen LogP contribution >= 0.6 is 11.3 Å². The van der Waals surface area contributed by atoms with E-state index in [0.29, 0.717) is 12.5 Å². The van der Waals surface area contributed by atoms with Crippen LogP contribution in [0.4, 0.5) is 0 Å². The lowest BCUT2D eigenvalue weighted by atomic mass is 9.91. The number of likely N-dealkylation sites (tertiary alicyclic amines) is 1. The zero-order valence-corrected chi connectivity index (χ0v) is 13.7. The highest BCUT2D eigenvalue weighted by Gasteiger charge is 2.42. The van der Waals surface area contributed by atoms with Crippen molar-refractivity contribution in [2.45, 2.75) is 44.4 Å². The molecule has 2 saturated heterocycles. The van der Waals surface area contributed by atoms with Crippen molar-refractivity contribution in [2.75, 3.05) is 19.6 Å². The first-order chi connectivity index (χ1) is 10.8. The van der Waals surface area contributed by atoms with Crippen LogP contribution in [-0.2, 0) is 16.1 Å². The van der Waals surface area contributed by atoms with E-state index in [-0.39, 0.29) is 18.1 Å². The molecule has 0 spiro atoms. The summed E-state index contributed by atoms with van der Waals surface area (Å²) in [6.45, 7) is 4.07. The fraction of sp³-hybridized carbons (Fsp3) is 0.706. The van der Waals surface area contributed by atoms with Crippen LogP contribution in [0.5, 0.6) is 0 Å². The minimum Gasteiger partial charge on any atom is -0.364 e. The van der Waals surface area contributed by atoms with Crippen LogP contribution in [0.2, 0.25) is 0 Å². The molecule has 1 N–H and O–H groups in total. The van der Waals surface area contributed by atoms with E-state index in [1.807, 2.05) is 11.4 Å². The summed E-state index contributed by atoms with van der Waals surface area (Å²) in [5.74, 6) is 1.58. The molecule has 3 fully saturated rings. The van der Waals surface area contributed by atoms with Gasteiger partial charge in [0, 0.05) is 18.0 Å². The van der Waals surface area contributed by atoms with Crippen LogP contribution in [0.1, 0.15) is 30.6 Å². The minimum atomic E-state index is -0.240. The number of piperidine rings is 1. The lowest BCUT2D eigenvalue weighted by Gasteiger charge is -2.34. The van der Waals surface area contributed by atoms with Crippen LogP contribution in [-0.4, -0.2) is 42.6 Å². The van der Waals surface area contributed by atoms with Crippen molar-refractivity contribution in [3.8, 4) is 0 Å². The first-order valence-corrected chi connectivity index (χ1v) is 9.34. The average Bonchev–Trinajstić information content (AvgIpc) is 3.04. The van der Waals surface area contributed by atoms with Crippen molar-refractivity contribution in [2.24, 2.45) is 11.8 Å². The van der Waals surface area contributed by atoms with Gasteiger partial charge in [0.15, 0.2) is 0 Å². The summed E-state index contributed by atoms with van der Waals surface area (Å²) >= 11 is 1.68. The standard InChI is InChI=1S/C17H24N2O2S/c20-17(18-9-14-2-1-7-22-14)15-8-13-5-6-19(10-12-3-4-12)11-16(13)21-15/h1-2,7,12-13,15-16H,3-6,8-11H2,(H,18,20)/t13-,15+,16+/m1/s1. The Bertz CT molecular complexity index is 515. The molecule has 0 bridgehead atoms. The Kier molecular flexibility index (Phi) is 4.20. The van der Waals surface area contributed by atoms with E-state index in [4.69, 9.17) is 4.74 Å². The molecule has 0 aromatic carbocycles. The number of rotatable bonds is 5. The fourth-order valence-electron chi connectivity index (χ4n) is 3.70. The van der Waals surface area contributed by atoms with Gasteiger partial charge in [0.25, 0.3) is 0 Å². The Labute approximate surface area is 135 Å². The van der Waals surface area contributed by atoms with Crippen molar-refractivity contribution >= 4 is 17.2 Å². The predicted octanol–water partition coefficient (Wildman–Crippen LogP) is 2.25. The van der Waals surface area contributed by atoms with Gasteiger partial charge < -0.3 is 15.0 Å². The zero-order chi connectivity index (χ0) is 14.9. The highest BCUT2D eigenvalue weighted by atomic mass is 32.1. The average molecular weight is 320 g/mol. The molecular weight excluding hydrogens is 296 g/mol. The molecule has 3 heterocycles. The van der Waals surface area contributed by atoms with Gasteiger partial charge in [-0.2, -0.15) is 0 Å². The summed E-state index contributed by atoms with van der Waals surface area (Å²) in [5, 5.41) is 5.06. The highest BCUT2D eigenvalue weighted by Crippen LogP contribution is 2.36. The summed E-state index contributed by atoms with van der Waals surface area (Å²) in [6, 6.07) is 4.07. The maximum Gasteiger partial charge on any atom is 0.249 e. The van der Waals surface area contributed by atoms with E-state index >= 15 is 0 Å². The lowest BCUT2D eigenvalue weighted by molar-refractivity contribution is -0.133. The van der Waals surface area contributed by atoms with Gasteiger partial charge in [-0.15, -0.1) is 11.3 Å². The van der Waals surface area contributed by atoms with Crippen LogP contribution < -0.4 is 5.32 Å². The molecule has 4 nitrogen and oxygen atoms in total. The van der Waals surface area contributed by atoms with Crippen molar-refractivity contribution in [3.05, 3.63) is 22.4 Å². The molecule has 5 heteroatoms. The highest BCUT2D eigenvalue weighted by molar-refractivity contribution is 7.09. The van der Waals surface area contributed by atoms with Gasteiger partial charge in [0.05, 0.1) is 12.6 Å². The molecule has 2 aliphatic heterocycles. The fourth-order valence-corrected chi connectivity index (χ4v) is 4.34. The lowest BCUT2D eigenvalue weighted by Crippen LogP contribution is -2.43. The van der Waals surface area contributed by atoms with E-state index in [2.05, 4.69) is 16.3 Å². The topological polar surface area (TPSA) is 41.6 Å². The molecule has 0 radical (unpaired) electrons. The van der Waals surface area contributed by atoms with Gasteiger partial charge >= 0.3 is 0 Å². The SMILES string of the molecule is O=C(NCc1cccs1)[C@@H]1C[C@H]2CCN(CC3CC3)C[C@@H]2O1. The number of fused-ring (bicyclic) bond motifs is 1. The smallest absolute Gasteiger partial charge is 0.249 e. The molecule has 22 heavy (non-hydrogen) atoms. The number of hydrogen-bond acceptors (Lipinski definition) is 4. The van der Waals surface area contributed by atoms with Crippen molar-refractivity contribution in [3.63, 3.8) is 0 Å². The molecule has 1 amide bonds. The number of thiophene rings is 1. The molecular formula is C17H24N2O2S. The number of carbonyl (C=O) groups excluding carboxylic acids is 1. The van der Waals surface area contributed by atoms with E-state index in [0.717, 1.165) is 18.9 Å². The number of nitrogens with one attached hydrogen (secondary N) is 1. The number of nitrogens with zero attached hydrogens (tertiary/aromatic N) is 1. The third-order valence-corrected chi connectivity index (χ3v) is 6.04. The monoisotopic (exact) mass is 320 g/mol. The van der Waals surface area contributed by atoms with E-state index in [1.165, 1.54) is 37.2 Å². The largest absolute Gasteiger partial charge is 0.364 e. The molecule has 3 atom stereocenters. The Hall–Kier alpha value is -0.910. The maximum atomic E-state index is 12.3. The zero-order valence-electron chi connectivity index (χ0n) is 12.9. The van der Waals surface area contributed by atoms with Crippen molar-refractivity contribution < 1.29 is 9.53 Å². The van der Waals surface area contributed by atoms with Gasteiger partial charge in [-0.25, -0.2) is 0 Å². The summed E-state index contributed by atoms with van der Waals surface area (Å²) in [5.41, 5.74) is 0. The third kappa shape index (κ3) is 3.36. The second kappa shape index (κ2) is 6.30. The van der Waals surface area contributed by atoms with E-state index in [9.17, 15) is 4.79 Å². The van der Waals surface area contributed by atoms with Crippen LogP contribution in [0.3, 0.4) is 0 Å². The van der Waals surface area contributed by atoms with Crippen molar-refractivity contribution in [1.29, 1.82) is 0 Å². The molecule has 3 aliphatic rings. The Morgan fingerprint density at radius 2 is 2.32 bits per heavy atom. The molecule has 1 aromatic heterocycles. The molecule has 1 aliphatic carbocycles. The summed E-state index contributed by atoms with van der Waals surface area (Å²) in [4.78, 5) is 16.0. The Morgan fingerprint density at radius 1 is 1.41 bits per heavy atom. The number of ether oxygens (including phenoxy) is 1. The normalized spacial score (nSPS) is 31.9. The van der Waals surface area contributed by atoms with Crippen LogP contribution in [0.25, 0.3) is 0 Å². The summed E-state index contributed by atoms with van der Waals surface area (Å²) in [6.07, 6.45) is 4.92. The van der Waals surface area contributed by atoms with Crippen molar-refractivity contribution in [1.82, 2.24) is 10.2 Å². The minimum absolute atomic E-state index is 0.0662. The van der Waals surface area contributed by atoms with E-state index in [1.54, 1.807) is 11.3 Å². The maximum absolute atomic E-state index is 12.3. The van der Waals surface area contributed by atoms with Gasteiger partial charge in [-0.05, 0) is 55.5 Å². The van der Waals surface area contributed by atoms with Crippen LogP contribution in [0.15, 0.2) is 17.5 Å². The third-order valence-electron chi connectivity index (χ3n) is 5.16. The first-order valence-electron chi connectivity index (χ1n) is 8.46. The Morgan fingerprint density at radius 3 is 3.09 bits per heavy atom. The number of amides is 1. The second-order valence-electron chi connectivity index (χ2n) is 6.95. The van der Waals surface area contributed by atoms with Gasteiger partial charge in [-0.1, -0.05) is 6.07 Å². The van der Waals surface area contributed by atoms with Gasteiger partial charge in [0.1, 0.15) is 6.10 Å². The van der Waals surface area contributed by atoms with Gasteiger partial charge in [0.2, 0.25) is 5.91 Å². The van der Waals surface area contributed by atoms with Gasteiger partial charge in [-0.3, -0.25) is 4.79 Å². The predicted molar refractivity (Wildman–Crippen MR) is 86.7 cm³/mol. The number of carbonyl (C=O) groups is 1. The van der Waals surface area contributed by atoms with Crippen LogP contribution in [0, 0.1) is 11.8 Å².